The van der Waals surface area contributed by atoms with E-state index in [1.807, 2.05) is 12.1 Å². The molecule has 1 aromatic heterocycles. The number of carbonyl (C=O) groups is 1. The molecule has 2 aromatic carbocycles. The Morgan fingerprint density at radius 3 is 2.76 bits per heavy atom. The molecule has 0 aliphatic carbocycles. The summed E-state index contributed by atoms with van der Waals surface area (Å²) in [5, 5.41) is 12.6. The number of ether oxygens (including phenoxy) is 2. The van der Waals surface area contributed by atoms with E-state index in [9.17, 15) is 4.79 Å². The summed E-state index contributed by atoms with van der Waals surface area (Å²) in [5.74, 6) is 1.43. The summed E-state index contributed by atoms with van der Waals surface area (Å²) in [6, 6.07) is 12.3. The van der Waals surface area contributed by atoms with Gasteiger partial charge in [0, 0.05) is 11.1 Å². The van der Waals surface area contributed by atoms with Crippen molar-refractivity contribution in [2.75, 3.05) is 13.2 Å². The van der Waals surface area contributed by atoms with Gasteiger partial charge in [0.25, 0.3) is 0 Å². The van der Waals surface area contributed by atoms with Crippen LogP contribution in [0.2, 0.25) is 5.02 Å². The Balaban J connectivity index is 1.53. The second kappa shape index (κ2) is 6.52. The first-order valence-corrected chi connectivity index (χ1v) is 8.04. The summed E-state index contributed by atoms with van der Waals surface area (Å²) >= 11 is 6.13. The average molecular weight is 357 g/mol. The van der Waals surface area contributed by atoms with Crippen LogP contribution in [0.25, 0.3) is 11.4 Å². The summed E-state index contributed by atoms with van der Waals surface area (Å²) in [7, 11) is 0. The van der Waals surface area contributed by atoms with E-state index in [0.717, 1.165) is 0 Å². The maximum Gasteiger partial charge on any atom is 0.206 e. The standard InChI is InChI=1S/C17H13ClN4O3/c18-13-4-2-1-3-12(13)17-19-21-22(20-17)10-14(23)11-5-6-15-16(9-11)25-8-7-24-15/h1-6,9H,7-8,10H2. The van der Waals surface area contributed by atoms with Crippen LogP contribution in [0.3, 0.4) is 0 Å². The number of nitrogens with zero attached hydrogens (tertiary/aromatic N) is 4. The predicted octanol–water partition coefficient (Wildman–Crippen LogP) is 2.65. The molecule has 2 heterocycles. The van der Waals surface area contributed by atoms with Gasteiger partial charge in [0.05, 0.1) is 5.02 Å². The third-order valence-electron chi connectivity index (χ3n) is 3.72. The molecule has 0 saturated carbocycles. The Morgan fingerprint density at radius 2 is 1.92 bits per heavy atom. The zero-order valence-electron chi connectivity index (χ0n) is 13.1. The zero-order chi connectivity index (χ0) is 17.2. The zero-order valence-corrected chi connectivity index (χ0v) is 13.8. The lowest BCUT2D eigenvalue weighted by molar-refractivity contribution is 0.0960. The molecule has 0 N–H and O–H groups in total. The number of fused-ring (bicyclic) bond motifs is 1. The van der Waals surface area contributed by atoms with Crippen molar-refractivity contribution < 1.29 is 14.3 Å². The molecule has 3 aromatic rings. The van der Waals surface area contributed by atoms with Crippen LogP contribution in [0.5, 0.6) is 11.5 Å². The Bertz CT molecular complexity index is 941. The molecule has 126 valence electrons. The Hall–Kier alpha value is -2.93. The van der Waals surface area contributed by atoms with Crippen molar-refractivity contribution >= 4 is 17.4 Å². The van der Waals surface area contributed by atoms with Gasteiger partial charge in [-0.2, -0.15) is 4.80 Å². The van der Waals surface area contributed by atoms with E-state index in [0.29, 0.717) is 46.7 Å². The highest BCUT2D eigenvalue weighted by atomic mass is 35.5. The second-order valence-electron chi connectivity index (χ2n) is 5.40. The molecule has 0 spiro atoms. The molecule has 0 unspecified atom stereocenters. The van der Waals surface area contributed by atoms with Gasteiger partial charge in [-0.15, -0.1) is 10.2 Å². The summed E-state index contributed by atoms with van der Waals surface area (Å²) in [4.78, 5) is 13.7. The van der Waals surface area contributed by atoms with Crippen molar-refractivity contribution in [2.45, 2.75) is 6.54 Å². The smallest absolute Gasteiger partial charge is 0.206 e. The van der Waals surface area contributed by atoms with Crippen molar-refractivity contribution in [1.82, 2.24) is 20.2 Å². The molecule has 0 radical (unpaired) electrons. The third kappa shape index (κ3) is 3.18. The van der Waals surface area contributed by atoms with Crippen LogP contribution in [0.1, 0.15) is 10.4 Å². The minimum Gasteiger partial charge on any atom is -0.486 e. The van der Waals surface area contributed by atoms with E-state index in [4.69, 9.17) is 21.1 Å². The van der Waals surface area contributed by atoms with Crippen LogP contribution in [0.4, 0.5) is 0 Å². The number of aromatic nitrogens is 4. The van der Waals surface area contributed by atoms with Gasteiger partial charge in [0.2, 0.25) is 5.82 Å². The number of hydrogen-bond acceptors (Lipinski definition) is 6. The van der Waals surface area contributed by atoms with Crippen LogP contribution in [0, 0.1) is 0 Å². The molecule has 0 saturated heterocycles. The van der Waals surface area contributed by atoms with E-state index < -0.39 is 0 Å². The first kappa shape index (κ1) is 15.6. The quantitative estimate of drug-likeness (QED) is 0.669. The molecule has 0 bridgehead atoms. The first-order chi connectivity index (χ1) is 12.2. The maximum atomic E-state index is 12.5. The van der Waals surface area contributed by atoms with Gasteiger partial charge in [0.1, 0.15) is 19.8 Å². The molecule has 25 heavy (non-hydrogen) atoms. The van der Waals surface area contributed by atoms with Crippen LogP contribution in [-0.4, -0.2) is 39.2 Å². The fourth-order valence-electron chi connectivity index (χ4n) is 2.50. The SMILES string of the molecule is O=C(Cn1nnc(-c2ccccc2Cl)n1)c1ccc2c(c1)OCCO2. The lowest BCUT2D eigenvalue weighted by Gasteiger charge is -2.18. The normalized spacial score (nSPS) is 12.8. The number of carbonyl (C=O) groups excluding carboxylic acids is 1. The largest absolute Gasteiger partial charge is 0.486 e. The van der Waals surface area contributed by atoms with E-state index in [1.54, 1.807) is 30.3 Å². The Morgan fingerprint density at radius 1 is 1.12 bits per heavy atom. The topological polar surface area (TPSA) is 79.1 Å². The molecule has 0 amide bonds. The van der Waals surface area contributed by atoms with E-state index in [1.165, 1.54) is 4.80 Å². The summed E-state index contributed by atoms with van der Waals surface area (Å²) < 4.78 is 10.9. The maximum absolute atomic E-state index is 12.5. The lowest BCUT2D eigenvalue weighted by Crippen LogP contribution is -2.17. The van der Waals surface area contributed by atoms with Gasteiger partial charge in [0.15, 0.2) is 17.3 Å². The number of Topliss-reactive ketones (excluding diaryl/α,β-unsaturated/α-hetero) is 1. The molecular weight excluding hydrogens is 344 g/mol. The molecule has 0 atom stereocenters. The van der Waals surface area contributed by atoms with Crippen molar-refractivity contribution in [3.05, 3.63) is 53.1 Å². The van der Waals surface area contributed by atoms with Crippen molar-refractivity contribution in [3.63, 3.8) is 0 Å². The highest BCUT2D eigenvalue weighted by Gasteiger charge is 2.17. The van der Waals surface area contributed by atoms with Crippen LogP contribution < -0.4 is 9.47 Å². The molecule has 1 aliphatic rings. The fourth-order valence-corrected chi connectivity index (χ4v) is 2.72. The number of benzene rings is 2. The number of rotatable bonds is 4. The third-order valence-corrected chi connectivity index (χ3v) is 4.05. The van der Waals surface area contributed by atoms with Crippen molar-refractivity contribution in [1.29, 1.82) is 0 Å². The van der Waals surface area contributed by atoms with Crippen molar-refractivity contribution in [3.8, 4) is 22.9 Å². The second-order valence-corrected chi connectivity index (χ2v) is 5.81. The number of tetrazole rings is 1. The molecule has 7 nitrogen and oxygen atoms in total. The van der Waals surface area contributed by atoms with E-state index in [2.05, 4.69) is 15.4 Å². The van der Waals surface area contributed by atoms with Gasteiger partial charge < -0.3 is 9.47 Å². The molecule has 4 rings (SSSR count). The fraction of sp³-hybridized carbons (Fsp3) is 0.176. The van der Waals surface area contributed by atoms with Crippen LogP contribution in [0.15, 0.2) is 42.5 Å². The number of ketones is 1. The van der Waals surface area contributed by atoms with Crippen LogP contribution >= 0.6 is 11.6 Å². The van der Waals surface area contributed by atoms with E-state index >= 15 is 0 Å². The van der Waals surface area contributed by atoms with Gasteiger partial charge in [-0.05, 0) is 35.5 Å². The monoisotopic (exact) mass is 356 g/mol. The van der Waals surface area contributed by atoms with Gasteiger partial charge in [-0.3, -0.25) is 4.79 Å². The van der Waals surface area contributed by atoms with Gasteiger partial charge in [-0.1, -0.05) is 23.7 Å². The van der Waals surface area contributed by atoms with Crippen molar-refractivity contribution in [2.24, 2.45) is 0 Å². The van der Waals surface area contributed by atoms with Crippen LogP contribution in [-0.2, 0) is 6.54 Å². The summed E-state index contributed by atoms with van der Waals surface area (Å²) in [6.45, 7) is 0.946. The highest BCUT2D eigenvalue weighted by Crippen LogP contribution is 2.31. The summed E-state index contributed by atoms with van der Waals surface area (Å²) in [6.07, 6.45) is 0. The molecule has 1 aliphatic heterocycles. The molecular formula is C17H13ClN4O3. The molecule has 8 heteroatoms. The number of halogens is 1. The van der Waals surface area contributed by atoms with Gasteiger partial charge in [-0.25, -0.2) is 0 Å². The Kier molecular flexibility index (Phi) is 4.07. The number of hydrogen-bond donors (Lipinski definition) is 0. The van der Waals surface area contributed by atoms with E-state index in [-0.39, 0.29) is 12.3 Å². The highest BCUT2D eigenvalue weighted by molar-refractivity contribution is 6.33. The predicted molar refractivity (Wildman–Crippen MR) is 90.0 cm³/mol. The van der Waals surface area contributed by atoms with Gasteiger partial charge >= 0.3 is 0 Å². The first-order valence-electron chi connectivity index (χ1n) is 7.66. The average Bonchev–Trinajstić information content (AvgIpc) is 3.10. The minimum atomic E-state index is -0.153. The molecule has 0 fully saturated rings. The Labute approximate surface area is 148 Å². The summed E-state index contributed by atoms with van der Waals surface area (Å²) in [5.41, 5.74) is 1.17. The lowest BCUT2D eigenvalue weighted by atomic mass is 10.1. The minimum absolute atomic E-state index is 0.0307.